The Morgan fingerprint density at radius 3 is 2.87 bits per heavy atom. The minimum Gasteiger partial charge on any atom is -0.490 e. The second-order valence-electron chi connectivity index (χ2n) is 7.89. The molecule has 0 spiro atoms. The van der Waals surface area contributed by atoms with E-state index in [1.165, 1.54) is 0 Å². The van der Waals surface area contributed by atoms with E-state index < -0.39 is 0 Å². The second-order valence-corrected chi connectivity index (χ2v) is 7.89. The molecule has 5 rings (SSSR count). The predicted molar refractivity (Wildman–Crippen MR) is 111 cm³/mol. The number of aromatic amines is 1. The molecule has 1 atom stereocenters. The lowest BCUT2D eigenvalue weighted by atomic mass is 9.84. The SMILES string of the molecule is CC1CC(=O)c2cnc3nc(NCc4ccc5c(c4)OCCCO5)[nH]c(=O)c3c2C1. The van der Waals surface area contributed by atoms with Crippen molar-refractivity contribution in [1.82, 2.24) is 15.0 Å². The molecule has 8 heteroatoms. The molecule has 0 saturated heterocycles. The van der Waals surface area contributed by atoms with Crippen molar-refractivity contribution in [3.63, 3.8) is 0 Å². The average molecular weight is 406 g/mol. The van der Waals surface area contributed by atoms with Gasteiger partial charge in [0.2, 0.25) is 5.95 Å². The number of hydrogen-bond acceptors (Lipinski definition) is 7. The number of aromatic nitrogens is 3. The molecule has 8 nitrogen and oxygen atoms in total. The molecule has 1 unspecified atom stereocenters. The standard InChI is InChI=1S/C22H22N4O4/c1-12-7-14-15(16(27)8-12)11-23-20-19(14)21(28)26-22(25-20)24-10-13-3-4-17-18(9-13)30-6-2-5-29-17/h3-4,9,11-12H,2,5-8,10H2,1H3,(H2,23,24,25,26,28). The summed E-state index contributed by atoms with van der Waals surface area (Å²) in [6, 6.07) is 5.76. The number of hydrogen-bond donors (Lipinski definition) is 2. The summed E-state index contributed by atoms with van der Waals surface area (Å²) >= 11 is 0. The predicted octanol–water partition coefficient (Wildman–Crippen LogP) is 2.86. The summed E-state index contributed by atoms with van der Waals surface area (Å²) in [6.07, 6.45) is 3.56. The zero-order valence-corrected chi connectivity index (χ0v) is 16.7. The highest BCUT2D eigenvalue weighted by Crippen LogP contribution is 2.31. The van der Waals surface area contributed by atoms with Gasteiger partial charge >= 0.3 is 0 Å². The lowest BCUT2D eigenvalue weighted by Gasteiger charge is -2.21. The molecule has 154 valence electrons. The van der Waals surface area contributed by atoms with Gasteiger partial charge in [-0.05, 0) is 35.6 Å². The van der Waals surface area contributed by atoms with E-state index in [-0.39, 0.29) is 17.3 Å². The fourth-order valence-electron chi connectivity index (χ4n) is 4.05. The summed E-state index contributed by atoms with van der Waals surface area (Å²) in [6.45, 7) is 3.74. The van der Waals surface area contributed by atoms with E-state index in [1.807, 2.05) is 25.1 Å². The Hall–Kier alpha value is -3.42. The van der Waals surface area contributed by atoms with Crippen LogP contribution in [0.3, 0.4) is 0 Å². The fraction of sp³-hybridized carbons (Fsp3) is 0.364. The largest absolute Gasteiger partial charge is 0.490 e. The topological polar surface area (TPSA) is 106 Å². The Kier molecular flexibility index (Phi) is 4.61. The van der Waals surface area contributed by atoms with E-state index >= 15 is 0 Å². The van der Waals surface area contributed by atoms with Gasteiger partial charge < -0.3 is 14.8 Å². The Balaban J connectivity index is 1.42. The van der Waals surface area contributed by atoms with E-state index in [2.05, 4.69) is 20.3 Å². The highest BCUT2D eigenvalue weighted by atomic mass is 16.5. The van der Waals surface area contributed by atoms with E-state index in [9.17, 15) is 9.59 Å². The van der Waals surface area contributed by atoms with Crippen molar-refractivity contribution in [2.24, 2.45) is 5.92 Å². The molecule has 2 N–H and O–H groups in total. The van der Waals surface area contributed by atoms with Crippen LogP contribution in [0.4, 0.5) is 5.95 Å². The van der Waals surface area contributed by atoms with Crippen LogP contribution < -0.4 is 20.3 Å². The molecule has 30 heavy (non-hydrogen) atoms. The molecular weight excluding hydrogens is 384 g/mol. The minimum atomic E-state index is -0.285. The van der Waals surface area contributed by atoms with Crippen molar-refractivity contribution < 1.29 is 14.3 Å². The van der Waals surface area contributed by atoms with Gasteiger partial charge in [-0.1, -0.05) is 13.0 Å². The maximum Gasteiger partial charge on any atom is 0.262 e. The van der Waals surface area contributed by atoms with Crippen molar-refractivity contribution >= 4 is 22.8 Å². The minimum absolute atomic E-state index is 0.0363. The van der Waals surface area contributed by atoms with Crippen LogP contribution in [0.15, 0.2) is 29.2 Å². The molecule has 0 radical (unpaired) electrons. The number of H-pyrrole nitrogens is 1. The number of fused-ring (bicyclic) bond motifs is 4. The van der Waals surface area contributed by atoms with Gasteiger partial charge in [0.25, 0.3) is 5.56 Å². The van der Waals surface area contributed by atoms with Crippen molar-refractivity contribution in [2.75, 3.05) is 18.5 Å². The number of ether oxygens (including phenoxy) is 2. The molecule has 2 aliphatic rings. The number of Topliss-reactive ketones (excluding diaryl/α,β-unsaturated/α-hetero) is 1. The molecule has 0 fully saturated rings. The number of anilines is 1. The summed E-state index contributed by atoms with van der Waals surface area (Å²) in [5.41, 5.74) is 2.33. The first kappa shape index (κ1) is 18.6. The Bertz CT molecular complexity index is 1200. The molecule has 2 aromatic heterocycles. The highest BCUT2D eigenvalue weighted by Gasteiger charge is 2.26. The monoisotopic (exact) mass is 406 g/mol. The third-order valence-electron chi connectivity index (χ3n) is 5.50. The summed E-state index contributed by atoms with van der Waals surface area (Å²) in [4.78, 5) is 36.6. The Labute approximate surface area is 172 Å². The number of rotatable bonds is 3. The number of nitrogens with zero attached hydrogens (tertiary/aromatic N) is 2. The normalized spacial score (nSPS) is 18.0. The van der Waals surface area contributed by atoms with Crippen molar-refractivity contribution in [3.8, 4) is 11.5 Å². The number of carbonyl (C=O) groups is 1. The molecule has 0 saturated carbocycles. The van der Waals surface area contributed by atoms with Gasteiger partial charge in [0.05, 0.1) is 18.6 Å². The van der Waals surface area contributed by atoms with Crippen LogP contribution >= 0.6 is 0 Å². The number of ketones is 1. The van der Waals surface area contributed by atoms with Crippen LogP contribution in [0, 0.1) is 5.92 Å². The van der Waals surface area contributed by atoms with E-state index in [1.54, 1.807) is 6.20 Å². The number of pyridine rings is 1. The van der Waals surface area contributed by atoms with Crippen LogP contribution in [0.25, 0.3) is 11.0 Å². The molecule has 1 aliphatic carbocycles. The van der Waals surface area contributed by atoms with Crippen LogP contribution in [-0.4, -0.2) is 33.9 Å². The average Bonchev–Trinajstić information content (AvgIpc) is 2.96. The quantitative estimate of drug-likeness (QED) is 0.689. The van der Waals surface area contributed by atoms with Gasteiger partial charge in [-0.3, -0.25) is 14.6 Å². The molecule has 0 amide bonds. The maximum absolute atomic E-state index is 12.8. The third kappa shape index (κ3) is 3.38. The van der Waals surface area contributed by atoms with Crippen LogP contribution in [0.1, 0.15) is 41.3 Å². The summed E-state index contributed by atoms with van der Waals surface area (Å²) < 4.78 is 11.4. The third-order valence-corrected chi connectivity index (χ3v) is 5.50. The maximum atomic E-state index is 12.8. The fourth-order valence-corrected chi connectivity index (χ4v) is 4.05. The van der Waals surface area contributed by atoms with Gasteiger partial charge in [-0.2, -0.15) is 4.98 Å². The van der Waals surface area contributed by atoms with E-state index in [0.29, 0.717) is 55.1 Å². The lowest BCUT2D eigenvalue weighted by molar-refractivity contribution is 0.0953. The zero-order chi connectivity index (χ0) is 20.7. The molecule has 1 aliphatic heterocycles. The first-order valence-corrected chi connectivity index (χ1v) is 10.2. The molecular formula is C22H22N4O4. The van der Waals surface area contributed by atoms with Gasteiger partial charge in [-0.25, -0.2) is 4.98 Å². The Morgan fingerprint density at radius 2 is 2.00 bits per heavy atom. The van der Waals surface area contributed by atoms with E-state index in [4.69, 9.17) is 9.47 Å². The van der Waals surface area contributed by atoms with E-state index in [0.717, 1.165) is 29.0 Å². The lowest BCUT2D eigenvalue weighted by Crippen LogP contribution is -2.23. The smallest absolute Gasteiger partial charge is 0.262 e. The van der Waals surface area contributed by atoms with Gasteiger partial charge in [-0.15, -0.1) is 0 Å². The van der Waals surface area contributed by atoms with Gasteiger partial charge in [0, 0.05) is 31.1 Å². The second kappa shape index (κ2) is 7.44. The summed E-state index contributed by atoms with van der Waals surface area (Å²) in [5.74, 6) is 2.04. The first-order valence-electron chi connectivity index (χ1n) is 10.2. The summed E-state index contributed by atoms with van der Waals surface area (Å²) in [5, 5.41) is 3.55. The van der Waals surface area contributed by atoms with Crippen LogP contribution in [-0.2, 0) is 13.0 Å². The van der Waals surface area contributed by atoms with Crippen molar-refractivity contribution in [2.45, 2.75) is 32.7 Å². The molecule has 0 bridgehead atoms. The molecule has 3 heterocycles. The number of benzene rings is 1. The molecule has 3 aromatic rings. The number of carbonyl (C=O) groups excluding carboxylic acids is 1. The van der Waals surface area contributed by atoms with Crippen molar-refractivity contribution in [3.05, 3.63) is 51.4 Å². The van der Waals surface area contributed by atoms with Crippen LogP contribution in [0.2, 0.25) is 0 Å². The van der Waals surface area contributed by atoms with Gasteiger partial charge in [0.1, 0.15) is 0 Å². The summed E-state index contributed by atoms with van der Waals surface area (Å²) in [7, 11) is 0. The Morgan fingerprint density at radius 1 is 1.17 bits per heavy atom. The highest BCUT2D eigenvalue weighted by molar-refractivity contribution is 6.02. The molecule has 1 aromatic carbocycles. The van der Waals surface area contributed by atoms with Crippen LogP contribution in [0.5, 0.6) is 11.5 Å². The van der Waals surface area contributed by atoms with Gasteiger partial charge in [0.15, 0.2) is 22.9 Å². The number of nitrogens with one attached hydrogen (secondary N) is 2. The first-order chi connectivity index (χ1) is 14.6. The zero-order valence-electron chi connectivity index (χ0n) is 16.7. The van der Waals surface area contributed by atoms with Crippen molar-refractivity contribution in [1.29, 1.82) is 0 Å².